The molecule has 4 aromatic rings. The molecule has 1 aliphatic carbocycles. The van der Waals surface area contributed by atoms with Crippen LogP contribution in [0, 0.1) is 11.7 Å². The van der Waals surface area contributed by atoms with Crippen molar-refractivity contribution in [3.8, 4) is 17.1 Å². The number of carbonyl (C=O) groups is 2. The zero-order valence-corrected chi connectivity index (χ0v) is 22.8. The first-order valence-electron chi connectivity index (χ1n) is 13.5. The van der Waals surface area contributed by atoms with Gasteiger partial charge in [-0.05, 0) is 50.8 Å². The van der Waals surface area contributed by atoms with E-state index in [2.05, 4.69) is 32.2 Å². The fraction of sp³-hybridized carbons (Fsp3) is 0.345. The van der Waals surface area contributed by atoms with Crippen LogP contribution in [0.3, 0.4) is 0 Å². The van der Waals surface area contributed by atoms with Crippen LogP contribution in [0.15, 0.2) is 49.4 Å². The number of ether oxygens (including phenoxy) is 2. The zero-order chi connectivity index (χ0) is 28.7. The second kappa shape index (κ2) is 10.3. The number of anilines is 1. The van der Waals surface area contributed by atoms with Crippen LogP contribution in [0.25, 0.3) is 22.5 Å². The maximum atomic E-state index is 14.4. The average molecular weight is 560 g/mol. The summed E-state index contributed by atoms with van der Waals surface area (Å²) >= 11 is 0. The first kappa shape index (κ1) is 26.5. The first-order valence-corrected chi connectivity index (χ1v) is 13.5. The predicted molar refractivity (Wildman–Crippen MR) is 149 cm³/mol. The Labute approximate surface area is 235 Å². The van der Waals surface area contributed by atoms with E-state index in [-0.39, 0.29) is 46.1 Å². The molecule has 1 aliphatic heterocycles. The number of nitrogens with zero attached hydrogens (tertiary/aromatic N) is 5. The van der Waals surface area contributed by atoms with E-state index >= 15 is 0 Å². The molecule has 1 atom stereocenters. The van der Waals surface area contributed by atoms with E-state index in [9.17, 15) is 14.0 Å². The summed E-state index contributed by atoms with van der Waals surface area (Å²) in [5.74, 6) is -0.312. The van der Waals surface area contributed by atoms with Gasteiger partial charge in [0.15, 0.2) is 5.82 Å². The number of nitrogens with one attached hydrogen (secondary N) is 2. The second-order valence-corrected chi connectivity index (χ2v) is 10.4. The number of halogens is 1. The highest BCUT2D eigenvalue weighted by molar-refractivity contribution is 5.97. The predicted octanol–water partition coefficient (Wildman–Crippen LogP) is 4.30. The highest BCUT2D eigenvalue weighted by Gasteiger charge is 2.54. The highest BCUT2D eigenvalue weighted by atomic mass is 19.1. The van der Waals surface area contributed by atoms with Crippen LogP contribution >= 0.6 is 0 Å². The van der Waals surface area contributed by atoms with Crippen molar-refractivity contribution in [3.63, 3.8) is 0 Å². The van der Waals surface area contributed by atoms with Gasteiger partial charge >= 0.3 is 0 Å². The molecule has 0 bridgehead atoms. The van der Waals surface area contributed by atoms with Crippen LogP contribution in [-0.2, 0) is 9.53 Å². The Kier molecular flexibility index (Phi) is 6.68. The number of rotatable bonds is 8. The summed E-state index contributed by atoms with van der Waals surface area (Å²) in [4.78, 5) is 32.5. The van der Waals surface area contributed by atoms with Crippen molar-refractivity contribution >= 4 is 28.8 Å². The highest BCUT2D eigenvalue weighted by Crippen LogP contribution is 2.50. The van der Waals surface area contributed by atoms with Crippen LogP contribution < -0.4 is 10.1 Å². The lowest BCUT2D eigenvalue weighted by molar-refractivity contribution is -0.122. The van der Waals surface area contributed by atoms with E-state index in [1.165, 1.54) is 19.2 Å². The molecule has 0 radical (unpaired) electrons. The number of aromatic amines is 1. The molecule has 2 N–H and O–H groups in total. The van der Waals surface area contributed by atoms with E-state index in [4.69, 9.17) is 9.47 Å². The topological polar surface area (TPSA) is 127 Å². The molecular formula is C29H30FN7O4. The van der Waals surface area contributed by atoms with Gasteiger partial charge in [-0.2, -0.15) is 10.2 Å². The normalized spacial score (nSPS) is 17.4. The van der Waals surface area contributed by atoms with Crippen LogP contribution in [0.4, 0.5) is 10.1 Å². The van der Waals surface area contributed by atoms with Crippen molar-refractivity contribution in [1.82, 2.24) is 29.7 Å². The number of likely N-dealkylation sites (tertiary alicyclic amines) is 1. The number of piperidine rings is 1. The van der Waals surface area contributed by atoms with Crippen molar-refractivity contribution < 1.29 is 23.5 Å². The molecule has 1 saturated carbocycles. The lowest BCUT2D eigenvalue weighted by atomic mass is 9.88. The van der Waals surface area contributed by atoms with Crippen molar-refractivity contribution in [3.05, 3.63) is 66.5 Å². The van der Waals surface area contributed by atoms with Gasteiger partial charge in [0, 0.05) is 41.4 Å². The summed E-state index contributed by atoms with van der Waals surface area (Å²) in [7, 11) is 1.44. The van der Waals surface area contributed by atoms with Crippen molar-refractivity contribution in [2.75, 3.05) is 25.6 Å². The number of H-pyrrole nitrogens is 1. The van der Waals surface area contributed by atoms with E-state index in [1.54, 1.807) is 10.7 Å². The third-order valence-electron chi connectivity index (χ3n) is 7.88. The van der Waals surface area contributed by atoms with Gasteiger partial charge in [-0.3, -0.25) is 14.7 Å². The maximum absolute atomic E-state index is 14.4. The molecule has 1 saturated heterocycles. The zero-order valence-electron chi connectivity index (χ0n) is 22.8. The molecular weight excluding hydrogens is 529 g/mol. The lowest BCUT2D eigenvalue weighted by Gasteiger charge is -2.39. The number of methoxy groups -OCH3 is 1. The van der Waals surface area contributed by atoms with Gasteiger partial charge in [0.2, 0.25) is 11.8 Å². The van der Waals surface area contributed by atoms with Crippen molar-refractivity contribution in [1.29, 1.82) is 0 Å². The Hall–Kier alpha value is -4.74. The number of aromatic nitrogens is 5. The van der Waals surface area contributed by atoms with Crippen LogP contribution in [-0.4, -0.2) is 67.3 Å². The van der Waals surface area contributed by atoms with Gasteiger partial charge in [-0.25, -0.2) is 13.9 Å². The molecule has 2 aliphatic rings. The minimum absolute atomic E-state index is 0.0907. The van der Waals surface area contributed by atoms with Gasteiger partial charge in [-0.1, -0.05) is 6.58 Å². The van der Waals surface area contributed by atoms with Crippen LogP contribution in [0.1, 0.15) is 48.7 Å². The number of amides is 2. The van der Waals surface area contributed by atoms with Gasteiger partial charge in [-0.15, -0.1) is 0 Å². The summed E-state index contributed by atoms with van der Waals surface area (Å²) in [6, 6.07) is 6.73. The molecule has 4 aromatic heterocycles. The largest absolute Gasteiger partial charge is 0.494 e. The number of hydrogen-bond donors (Lipinski definition) is 2. The molecule has 11 nitrogen and oxygen atoms in total. The van der Waals surface area contributed by atoms with E-state index in [1.807, 2.05) is 30.2 Å². The fourth-order valence-corrected chi connectivity index (χ4v) is 5.53. The van der Waals surface area contributed by atoms with Gasteiger partial charge in [0.1, 0.15) is 11.5 Å². The van der Waals surface area contributed by atoms with E-state index in [0.29, 0.717) is 37.4 Å². The second-order valence-electron chi connectivity index (χ2n) is 10.4. The molecule has 2 amide bonds. The SMILES string of the molecule is C=C(OCC)c1ccc2c(NC(=O)C3CCN(C(=O)c4cc(-c5cc(OC)ncc5F)n[nH]4)C4(CC4)C3)cnn2c1. The van der Waals surface area contributed by atoms with Crippen molar-refractivity contribution in [2.45, 2.75) is 38.1 Å². The van der Waals surface area contributed by atoms with Crippen LogP contribution in [0.5, 0.6) is 5.88 Å². The minimum atomic E-state index is -0.565. The molecule has 41 heavy (non-hydrogen) atoms. The standard InChI is InChI=1S/C29H30FN7O4/c1-4-41-17(2)19-5-6-25-24(15-32-37(25)16-19)33-27(38)18-7-10-36(29(13-18)8-9-29)28(39)23-12-22(34-35-23)20-11-26(40-3)31-14-21(20)30/h5-6,11-12,14-16,18H,2,4,7-10,13H2,1,3H3,(H,33,38)(H,34,35). The molecule has 6 rings (SSSR count). The molecule has 5 heterocycles. The summed E-state index contributed by atoms with van der Waals surface area (Å²) in [6.45, 7) is 6.78. The number of pyridine rings is 2. The Morgan fingerprint density at radius 2 is 2.10 bits per heavy atom. The van der Waals surface area contributed by atoms with Crippen LogP contribution in [0.2, 0.25) is 0 Å². The number of hydrogen-bond acceptors (Lipinski definition) is 7. The molecule has 212 valence electrons. The molecule has 1 spiro atoms. The molecule has 1 unspecified atom stereocenters. The summed E-state index contributed by atoms with van der Waals surface area (Å²) in [5.41, 5.74) is 2.56. The van der Waals surface area contributed by atoms with Gasteiger partial charge < -0.3 is 19.7 Å². The molecule has 0 aromatic carbocycles. The number of carbonyl (C=O) groups excluding carboxylic acids is 2. The van der Waals surface area contributed by atoms with Crippen molar-refractivity contribution in [2.24, 2.45) is 5.92 Å². The Balaban J connectivity index is 1.13. The Morgan fingerprint density at radius 3 is 2.85 bits per heavy atom. The monoisotopic (exact) mass is 559 g/mol. The lowest BCUT2D eigenvalue weighted by Crippen LogP contribution is -2.50. The minimum Gasteiger partial charge on any atom is -0.494 e. The molecule has 12 heteroatoms. The third kappa shape index (κ3) is 4.90. The van der Waals surface area contributed by atoms with Gasteiger partial charge in [0.25, 0.3) is 5.91 Å². The van der Waals surface area contributed by atoms with E-state index in [0.717, 1.165) is 30.1 Å². The van der Waals surface area contributed by atoms with E-state index < -0.39 is 5.82 Å². The summed E-state index contributed by atoms with van der Waals surface area (Å²) < 4.78 is 26.6. The average Bonchev–Trinajstić information content (AvgIpc) is 3.38. The summed E-state index contributed by atoms with van der Waals surface area (Å²) in [5, 5.41) is 14.3. The third-order valence-corrected chi connectivity index (χ3v) is 7.88. The quantitative estimate of drug-likeness (QED) is 0.308. The fourth-order valence-electron chi connectivity index (χ4n) is 5.53. The smallest absolute Gasteiger partial charge is 0.272 e. The van der Waals surface area contributed by atoms with Gasteiger partial charge in [0.05, 0.1) is 43.0 Å². The summed E-state index contributed by atoms with van der Waals surface area (Å²) in [6.07, 6.45) is 7.23. The Morgan fingerprint density at radius 1 is 1.27 bits per heavy atom. The Bertz CT molecular complexity index is 1660. The number of fused-ring (bicyclic) bond motifs is 1. The molecule has 2 fully saturated rings. The first-order chi connectivity index (χ1) is 19.8. The maximum Gasteiger partial charge on any atom is 0.272 e.